The molecule has 0 N–H and O–H groups in total. The molecule has 0 fully saturated rings. The van der Waals surface area contributed by atoms with Gasteiger partial charge in [0.25, 0.3) is 6.71 Å². The Morgan fingerprint density at radius 3 is 1.29 bits per heavy atom. The van der Waals surface area contributed by atoms with Crippen LogP contribution in [0.1, 0.15) is 160 Å². The second-order valence-electron chi connectivity index (χ2n) is 26.4. The van der Waals surface area contributed by atoms with E-state index in [0.717, 1.165) is 6.42 Å². The fraction of sp³-hybridized carbons (Fsp3) is 0.373. The van der Waals surface area contributed by atoms with E-state index in [-0.39, 0.29) is 39.2 Å². The minimum atomic E-state index is 0.0271. The molecular formula is C67H73BN2. The Morgan fingerprint density at radius 2 is 0.771 bits per heavy atom. The van der Waals surface area contributed by atoms with Gasteiger partial charge in [-0.25, -0.2) is 0 Å². The van der Waals surface area contributed by atoms with Crippen LogP contribution in [0.25, 0.3) is 22.3 Å². The van der Waals surface area contributed by atoms with Crippen LogP contribution in [-0.2, 0) is 32.5 Å². The maximum atomic E-state index is 2.75. The van der Waals surface area contributed by atoms with Crippen LogP contribution in [-0.4, -0.2) is 6.71 Å². The zero-order valence-corrected chi connectivity index (χ0v) is 44.6. The summed E-state index contributed by atoms with van der Waals surface area (Å²) in [6.07, 6.45) is 5.86. The van der Waals surface area contributed by atoms with Gasteiger partial charge in [0.2, 0.25) is 0 Å². The summed E-state index contributed by atoms with van der Waals surface area (Å²) >= 11 is 0. The Kier molecular flexibility index (Phi) is 9.64. The van der Waals surface area contributed by atoms with Crippen molar-refractivity contribution in [2.24, 2.45) is 0 Å². The fourth-order valence-corrected chi connectivity index (χ4v) is 14.5. The first-order valence-electron chi connectivity index (χ1n) is 26.5. The van der Waals surface area contributed by atoms with Gasteiger partial charge in [-0.1, -0.05) is 168 Å². The lowest BCUT2D eigenvalue weighted by Gasteiger charge is -2.48. The summed E-state index contributed by atoms with van der Waals surface area (Å²) in [5, 5.41) is 0. The number of hydrogen-bond acceptors (Lipinski definition) is 2. The van der Waals surface area contributed by atoms with Crippen molar-refractivity contribution >= 4 is 57.2 Å². The van der Waals surface area contributed by atoms with E-state index in [4.69, 9.17) is 0 Å². The van der Waals surface area contributed by atoms with Crippen molar-refractivity contribution in [3.05, 3.63) is 172 Å². The Balaban J connectivity index is 1.22. The minimum Gasteiger partial charge on any atom is -0.311 e. The third-order valence-corrected chi connectivity index (χ3v) is 18.5. The number of benzene rings is 7. The summed E-state index contributed by atoms with van der Waals surface area (Å²) in [6.45, 7) is 34.6. The maximum absolute atomic E-state index is 2.75. The topological polar surface area (TPSA) is 6.48 Å². The van der Waals surface area contributed by atoms with Crippen molar-refractivity contribution in [2.75, 3.05) is 9.80 Å². The second-order valence-corrected chi connectivity index (χ2v) is 26.4. The molecule has 12 rings (SSSR count). The molecule has 2 nitrogen and oxygen atoms in total. The molecule has 0 aromatic heterocycles. The molecule has 0 atom stereocenters. The number of fused-ring (bicyclic) bond motifs is 7. The Morgan fingerprint density at radius 1 is 0.357 bits per heavy atom. The van der Waals surface area contributed by atoms with Crippen LogP contribution in [0.3, 0.4) is 0 Å². The zero-order valence-electron chi connectivity index (χ0n) is 44.6. The van der Waals surface area contributed by atoms with Gasteiger partial charge in [0.05, 0.1) is 5.69 Å². The van der Waals surface area contributed by atoms with Crippen LogP contribution in [0.15, 0.2) is 127 Å². The van der Waals surface area contributed by atoms with Crippen molar-refractivity contribution in [3.8, 4) is 22.3 Å². The van der Waals surface area contributed by atoms with E-state index in [9.17, 15) is 0 Å². The van der Waals surface area contributed by atoms with Gasteiger partial charge in [0.15, 0.2) is 0 Å². The van der Waals surface area contributed by atoms with E-state index < -0.39 is 0 Å². The van der Waals surface area contributed by atoms with Crippen molar-refractivity contribution in [3.63, 3.8) is 0 Å². The summed E-state index contributed by atoms with van der Waals surface area (Å²) < 4.78 is 0. The van der Waals surface area contributed by atoms with Crippen LogP contribution in [0.4, 0.5) is 34.1 Å². The van der Waals surface area contributed by atoms with Crippen LogP contribution in [0.5, 0.6) is 0 Å². The highest BCUT2D eigenvalue weighted by Gasteiger charge is 2.50. The van der Waals surface area contributed by atoms with Gasteiger partial charge < -0.3 is 9.80 Å². The molecule has 5 aliphatic rings. The van der Waals surface area contributed by atoms with E-state index in [1.165, 1.54) is 143 Å². The quantitative estimate of drug-likeness (QED) is 0.162. The lowest BCUT2D eigenvalue weighted by molar-refractivity contribution is 0.331. The van der Waals surface area contributed by atoms with E-state index in [1.807, 2.05) is 0 Å². The molecule has 354 valence electrons. The first-order chi connectivity index (χ1) is 33.0. The number of nitrogens with zero attached hydrogens (tertiary/aromatic N) is 2. The lowest BCUT2D eigenvalue weighted by atomic mass is 9.32. The normalized spacial score (nSPS) is 19.9. The predicted octanol–water partition coefficient (Wildman–Crippen LogP) is 16.4. The molecular weight excluding hydrogens is 844 g/mol. The summed E-state index contributed by atoms with van der Waals surface area (Å²) in [7, 11) is 0. The molecule has 3 heteroatoms. The molecule has 0 radical (unpaired) electrons. The molecule has 0 spiro atoms. The Bertz CT molecular complexity index is 3330. The maximum Gasteiger partial charge on any atom is 0.252 e. The van der Waals surface area contributed by atoms with Crippen LogP contribution in [0.2, 0.25) is 0 Å². The van der Waals surface area contributed by atoms with Crippen LogP contribution >= 0.6 is 0 Å². The molecule has 0 amide bonds. The van der Waals surface area contributed by atoms with E-state index >= 15 is 0 Å². The van der Waals surface area contributed by atoms with Crippen LogP contribution < -0.4 is 26.2 Å². The highest BCUT2D eigenvalue weighted by atomic mass is 15.2. The van der Waals surface area contributed by atoms with Crippen molar-refractivity contribution < 1.29 is 0 Å². The largest absolute Gasteiger partial charge is 0.311 e. The highest BCUT2D eigenvalue weighted by Crippen LogP contribution is 2.56. The van der Waals surface area contributed by atoms with Gasteiger partial charge in [-0.15, -0.1) is 0 Å². The standard InChI is InChI=1S/C67H73BN2/c1-41-31-59-61-60(32-41)70(56-37-50-47(33-42(56)2)62(3,4)27-29-64(50,7)8)58-38-51-48(63(5,6)28-30-65(51,9)10)35-53(58)68(61)54-36-49-52(67(13,14)40-66(49,11)12)39-57(54)69(59)55-26-25-45(43-21-17-15-18-22-43)34-46(55)44-23-19-16-20-24-44/h15-26,31-39H,27-30,40H2,1-14H3. The molecule has 70 heavy (non-hydrogen) atoms. The van der Waals surface area contributed by atoms with Gasteiger partial charge in [-0.2, -0.15) is 0 Å². The van der Waals surface area contributed by atoms with E-state index in [2.05, 4.69) is 234 Å². The fourth-order valence-electron chi connectivity index (χ4n) is 14.5. The highest BCUT2D eigenvalue weighted by molar-refractivity contribution is 7.00. The molecule has 0 saturated heterocycles. The summed E-state index contributed by atoms with van der Waals surface area (Å²) in [5.41, 5.74) is 29.0. The molecule has 0 unspecified atom stereocenters. The van der Waals surface area contributed by atoms with Gasteiger partial charge in [0, 0.05) is 34.0 Å². The second kappa shape index (κ2) is 14.9. The lowest BCUT2D eigenvalue weighted by Crippen LogP contribution is -2.62. The molecule has 7 aromatic rings. The SMILES string of the molecule is Cc1cc2c3c(c1)N(c1ccc(-c4ccccc4)cc1-c1ccccc1)c1cc4c(cc1B3c1cc3c(cc1N2c1cc2c(cc1C)C(C)(C)CCC2(C)C)C(C)(C)CCC3(C)C)C(C)(C)CC4(C)C. The Hall–Kier alpha value is -5.80. The van der Waals surface area contributed by atoms with Crippen molar-refractivity contribution in [1.29, 1.82) is 0 Å². The first kappa shape index (κ1) is 45.4. The average Bonchev–Trinajstić information content (AvgIpc) is 3.50. The van der Waals surface area contributed by atoms with Crippen molar-refractivity contribution in [2.45, 2.75) is 162 Å². The average molecular weight is 917 g/mol. The smallest absolute Gasteiger partial charge is 0.252 e. The van der Waals surface area contributed by atoms with Crippen molar-refractivity contribution in [1.82, 2.24) is 0 Å². The molecule has 2 heterocycles. The van der Waals surface area contributed by atoms with Gasteiger partial charge in [0.1, 0.15) is 0 Å². The number of anilines is 6. The monoisotopic (exact) mass is 917 g/mol. The first-order valence-corrected chi connectivity index (χ1v) is 26.5. The van der Waals surface area contributed by atoms with Gasteiger partial charge in [-0.3, -0.25) is 0 Å². The molecule has 7 aromatic carbocycles. The Labute approximate surface area is 420 Å². The molecule has 0 saturated carbocycles. The summed E-state index contributed by atoms with van der Waals surface area (Å²) in [4.78, 5) is 5.46. The number of aryl methyl sites for hydroxylation is 2. The third-order valence-electron chi connectivity index (χ3n) is 18.5. The summed E-state index contributed by atoms with van der Waals surface area (Å²) in [6, 6.07) is 50.3. The predicted molar refractivity (Wildman–Crippen MR) is 302 cm³/mol. The molecule has 2 aliphatic heterocycles. The minimum absolute atomic E-state index is 0.0271. The number of rotatable bonds is 4. The van der Waals surface area contributed by atoms with Gasteiger partial charge >= 0.3 is 0 Å². The van der Waals surface area contributed by atoms with E-state index in [0.29, 0.717) is 0 Å². The van der Waals surface area contributed by atoms with Crippen LogP contribution in [0, 0.1) is 13.8 Å². The number of hydrogen-bond donors (Lipinski definition) is 0. The van der Waals surface area contributed by atoms with Gasteiger partial charge in [-0.05, 0) is 198 Å². The summed E-state index contributed by atoms with van der Waals surface area (Å²) in [5.74, 6) is 0. The van der Waals surface area contributed by atoms with E-state index in [1.54, 1.807) is 0 Å². The molecule has 0 bridgehead atoms. The third kappa shape index (κ3) is 6.65. The molecule has 3 aliphatic carbocycles. The zero-order chi connectivity index (χ0) is 49.2.